The van der Waals surface area contributed by atoms with E-state index >= 15 is 0 Å². The Bertz CT molecular complexity index is 1010. The molecule has 2 aromatic rings. The van der Waals surface area contributed by atoms with Crippen molar-refractivity contribution in [2.75, 3.05) is 32.3 Å². The average molecular weight is 482 g/mol. The first kappa shape index (κ1) is 23.6. The zero-order valence-electron chi connectivity index (χ0n) is 15.8. The van der Waals surface area contributed by atoms with Gasteiger partial charge in [0.25, 0.3) is 0 Å². The van der Waals surface area contributed by atoms with E-state index in [-0.39, 0.29) is 6.54 Å². The average Bonchev–Trinajstić information content (AvgIpc) is 2.64. The molecule has 7 nitrogen and oxygen atoms in total. The lowest BCUT2D eigenvalue weighted by molar-refractivity contribution is -0.116. The maximum absolute atomic E-state index is 12.5. The molecule has 0 aliphatic heterocycles. The topological polar surface area (TPSA) is 84.9 Å². The predicted octanol–water partition coefficient (Wildman–Crippen LogP) is 4.06. The van der Waals surface area contributed by atoms with E-state index < -0.39 is 22.5 Å². The van der Waals surface area contributed by atoms with Gasteiger partial charge in [-0.2, -0.15) is 4.31 Å². The Morgan fingerprint density at radius 1 is 1.00 bits per heavy atom. The van der Waals surface area contributed by atoms with Crippen LogP contribution in [0.3, 0.4) is 0 Å². The Labute approximate surface area is 184 Å². The molecular weight excluding hydrogens is 463 g/mol. The van der Waals surface area contributed by atoms with Gasteiger partial charge >= 0.3 is 0 Å². The summed E-state index contributed by atoms with van der Waals surface area (Å²) < 4.78 is 35.7. The number of ether oxygens (including phenoxy) is 2. The molecule has 11 heteroatoms. The lowest BCUT2D eigenvalue weighted by atomic mass is 10.2. The van der Waals surface area contributed by atoms with Gasteiger partial charge in [0.2, 0.25) is 15.9 Å². The first-order chi connectivity index (χ1) is 13.5. The number of rotatable bonds is 8. The van der Waals surface area contributed by atoms with Crippen molar-refractivity contribution in [1.29, 1.82) is 0 Å². The minimum atomic E-state index is -3.69. The van der Waals surface area contributed by atoms with Gasteiger partial charge in [-0.3, -0.25) is 4.79 Å². The fourth-order valence-corrected chi connectivity index (χ4v) is 3.73. The van der Waals surface area contributed by atoms with E-state index in [0.717, 1.165) is 10.6 Å². The molecule has 1 N–H and O–H groups in total. The predicted molar refractivity (Wildman–Crippen MR) is 115 cm³/mol. The molecule has 2 rings (SSSR count). The molecule has 0 saturated heterocycles. The molecule has 2 aromatic carbocycles. The van der Waals surface area contributed by atoms with E-state index in [1.807, 2.05) is 0 Å². The van der Waals surface area contributed by atoms with Crippen LogP contribution in [0.4, 0.5) is 5.69 Å². The number of methoxy groups -OCH3 is 2. The molecule has 0 heterocycles. The lowest BCUT2D eigenvalue weighted by Crippen LogP contribution is -2.37. The van der Waals surface area contributed by atoms with Gasteiger partial charge in [-0.1, -0.05) is 40.9 Å². The van der Waals surface area contributed by atoms with Crippen LogP contribution in [0.15, 0.2) is 30.3 Å². The second-order valence-corrected chi connectivity index (χ2v) is 9.22. The Morgan fingerprint density at radius 3 is 2.21 bits per heavy atom. The Balaban J connectivity index is 2.22. The number of anilines is 1. The molecule has 0 unspecified atom stereocenters. The molecule has 0 aromatic heterocycles. The number of halogens is 3. The Kier molecular flexibility index (Phi) is 8.02. The van der Waals surface area contributed by atoms with Gasteiger partial charge in [0.15, 0.2) is 0 Å². The van der Waals surface area contributed by atoms with Gasteiger partial charge in [0, 0.05) is 18.7 Å². The molecule has 0 saturated carbocycles. The molecule has 0 atom stereocenters. The summed E-state index contributed by atoms with van der Waals surface area (Å²) in [5.74, 6) is 0.0660. The maximum atomic E-state index is 12.5. The molecule has 0 aliphatic carbocycles. The summed E-state index contributed by atoms with van der Waals surface area (Å²) in [6.45, 7) is -0.475. The highest BCUT2D eigenvalue weighted by Crippen LogP contribution is 2.35. The minimum absolute atomic E-state index is 0.0514. The van der Waals surface area contributed by atoms with Crippen molar-refractivity contribution in [3.05, 3.63) is 51.0 Å². The van der Waals surface area contributed by atoms with Gasteiger partial charge in [-0.25, -0.2) is 8.42 Å². The molecule has 0 aliphatic rings. The summed E-state index contributed by atoms with van der Waals surface area (Å²) in [5.41, 5.74) is 0.880. The first-order valence-electron chi connectivity index (χ1n) is 8.15. The molecule has 0 radical (unpaired) electrons. The van der Waals surface area contributed by atoms with Crippen LogP contribution in [0.25, 0.3) is 0 Å². The van der Waals surface area contributed by atoms with Crippen molar-refractivity contribution in [1.82, 2.24) is 4.31 Å². The van der Waals surface area contributed by atoms with Gasteiger partial charge in [0.05, 0.1) is 47.8 Å². The number of benzene rings is 2. The molecule has 0 spiro atoms. The second kappa shape index (κ2) is 9.86. The fraction of sp³-hybridized carbons (Fsp3) is 0.278. The summed E-state index contributed by atoms with van der Waals surface area (Å²) in [4.78, 5) is 12.5. The number of nitrogens with one attached hydrogen (secondary N) is 1. The van der Waals surface area contributed by atoms with E-state index in [1.54, 1.807) is 18.2 Å². The zero-order valence-corrected chi connectivity index (χ0v) is 18.9. The highest BCUT2D eigenvalue weighted by atomic mass is 35.5. The third-order valence-electron chi connectivity index (χ3n) is 3.88. The Hall–Kier alpha value is -1.71. The standard InChI is InChI=1S/C18H19Cl3N2O5S/c1-27-16-8-15(17(28-2)7-14(16)21)22-18(24)10-23(29(3,25)26)9-11-4-5-12(19)13(20)6-11/h4-8H,9-10H2,1-3H3,(H,22,24). The van der Waals surface area contributed by atoms with Gasteiger partial charge < -0.3 is 14.8 Å². The van der Waals surface area contributed by atoms with E-state index in [0.29, 0.717) is 37.8 Å². The van der Waals surface area contributed by atoms with E-state index in [2.05, 4.69) is 5.32 Å². The molecular formula is C18H19Cl3N2O5S. The molecule has 29 heavy (non-hydrogen) atoms. The van der Waals surface area contributed by atoms with E-state index in [9.17, 15) is 13.2 Å². The first-order valence-corrected chi connectivity index (χ1v) is 11.1. The number of carbonyl (C=O) groups excluding carboxylic acids is 1. The summed E-state index contributed by atoms with van der Waals surface area (Å²) in [6.07, 6.45) is 1.02. The van der Waals surface area contributed by atoms with Crippen LogP contribution in [0.1, 0.15) is 5.56 Å². The van der Waals surface area contributed by atoms with E-state index in [4.69, 9.17) is 44.3 Å². The van der Waals surface area contributed by atoms with Crippen molar-refractivity contribution in [2.24, 2.45) is 0 Å². The van der Waals surface area contributed by atoms with E-state index in [1.165, 1.54) is 26.4 Å². The smallest absolute Gasteiger partial charge is 0.239 e. The molecule has 0 bridgehead atoms. The number of carbonyl (C=O) groups is 1. The molecule has 158 valence electrons. The third-order valence-corrected chi connectivity index (χ3v) is 6.11. The van der Waals surface area contributed by atoms with Crippen LogP contribution in [-0.2, 0) is 21.4 Å². The number of sulfonamides is 1. The van der Waals surface area contributed by atoms with Crippen molar-refractivity contribution < 1.29 is 22.7 Å². The number of hydrogen-bond donors (Lipinski definition) is 1. The quantitative estimate of drug-likeness (QED) is 0.614. The van der Waals surface area contributed by atoms with Gasteiger partial charge in [0.1, 0.15) is 11.5 Å². The lowest BCUT2D eigenvalue weighted by Gasteiger charge is -2.20. The van der Waals surface area contributed by atoms with Crippen LogP contribution in [0.5, 0.6) is 11.5 Å². The summed E-state index contributed by atoms with van der Waals surface area (Å²) >= 11 is 17.9. The third kappa shape index (κ3) is 6.38. The van der Waals surface area contributed by atoms with Crippen LogP contribution < -0.4 is 14.8 Å². The maximum Gasteiger partial charge on any atom is 0.239 e. The summed E-state index contributed by atoms with van der Waals surface area (Å²) in [6, 6.07) is 7.72. The number of hydrogen-bond acceptors (Lipinski definition) is 5. The van der Waals surface area contributed by atoms with Gasteiger partial charge in [-0.05, 0) is 17.7 Å². The highest BCUT2D eigenvalue weighted by Gasteiger charge is 2.22. The normalized spacial score (nSPS) is 11.4. The fourth-order valence-electron chi connectivity index (χ4n) is 2.44. The number of amides is 1. The van der Waals surface area contributed by atoms with Crippen LogP contribution >= 0.6 is 34.8 Å². The van der Waals surface area contributed by atoms with Crippen LogP contribution in [0, 0.1) is 0 Å². The monoisotopic (exact) mass is 480 g/mol. The number of nitrogens with zero attached hydrogens (tertiary/aromatic N) is 1. The largest absolute Gasteiger partial charge is 0.495 e. The van der Waals surface area contributed by atoms with Crippen molar-refractivity contribution in [3.63, 3.8) is 0 Å². The Morgan fingerprint density at radius 2 is 1.66 bits per heavy atom. The second-order valence-electron chi connectivity index (χ2n) is 6.01. The van der Waals surface area contributed by atoms with Crippen LogP contribution in [0.2, 0.25) is 15.1 Å². The molecule has 0 fully saturated rings. The summed E-state index contributed by atoms with van der Waals surface area (Å²) in [7, 11) is -0.839. The van der Waals surface area contributed by atoms with Crippen LogP contribution in [-0.4, -0.2) is 45.7 Å². The summed E-state index contributed by atoms with van der Waals surface area (Å²) in [5, 5.41) is 3.56. The SMILES string of the molecule is COc1cc(NC(=O)CN(Cc2ccc(Cl)c(Cl)c2)S(C)(=O)=O)c(OC)cc1Cl. The molecule has 1 amide bonds. The van der Waals surface area contributed by atoms with Crippen molar-refractivity contribution in [3.8, 4) is 11.5 Å². The zero-order chi connectivity index (χ0) is 21.8. The van der Waals surface area contributed by atoms with Crippen molar-refractivity contribution in [2.45, 2.75) is 6.54 Å². The van der Waals surface area contributed by atoms with Crippen molar-refractivity contribution >= 4 is 56.4 Å². The minimum Gasteiger partial charge on any atom is -0.495 e. The highest BCUT2D eigenvalue weighted by molar-refractivity contribution is 7.88. The van der Waals surface area contributed by atoms with Gasteiger partial charge in [-0.15, -0.1) is 0 Å².